The molecule has 0 fully saturated rings. The maximum absolute atomic E-state index is 6.13. The molecule has 0 heterocycles. The normalized spacial score (nSPS) is 12.0. The molecule has 0 radical (unpaired) electrons. The summed E-state index contributed by atoms with van der Waals surface area (Å²) in [4.78, 5) is 0. The molecule has 8 heavy (non-hydrogen) atoms. The molecule has 0 saturated heterocycles. The molecule has 0 saturated carbocycles. The van der Waals surface area contributed by atoms with Gasteiger partial charge >= 0.3 is 63.3 Å². The van der Waals surface area contributed by atoms with Crippen molar-refractivity contribution in [3.05, 3.63) is 0 Å². The van der Waals surface area contributed by atoms with Crippen LogP contribution >= 0.6 is 8.83 Å². The predicted molar refractivity (Wildman–Crippen MR) is 41.8 cm³/mol. The third-order valence-corrected chi connectivity index (χ3v) is 11.9. The van der Waals surface area contributed by atoms with E-state index in [1.807, 2.05) is 0 Å². The molecule has 0 aliphatic rings. The molecular formula is C6H14ClSb. The van der Waals surface area contributed by atoms with E-state index in [1.54, 1.807) is 0 Å². The molecule has 0 aliphatic carbocycles. The average molecular weight is 243 g/mol. The maximum atomic E-state index is 6.13. The topological polar surface area (TPSA) is 0 Å². The molecule has 2 heteroatoms. The molecule has 0 aliphatic heterocycles. The predicted octanol–water partition coefficient (Wildman–Crippen LogP) is 3.04. The number of halogens is 1. The number of rotatable bonds is 2. The van der Waals surface area contributed by atoms with Crippen molar-refractivity contribution in [1.82, 2.24) is 0 Å². The van der Waals surface area contributed by atoms with E-state index in [0.29, 0.717) is 0 Å². The molecule has 0 rings (SSSR count). The summed E-state index contributed by atoms with van der Waals surface area (Å²) in [6.45, 7) is 8.93. The van der Waals surface area contributed by atoms with E-state index in [1.165, 1.54) is 0 Å². The first kappa shape index (κ1) is 9.11. The van der Waals surface area contributed by atoms with Crippen LogP contribution in [0.5, 0.6) is 0 Å². The molecule has 50 valence electrons. The third kappa shape index (κ3) is 3.20. The molecule has 0 aromatic rings. The summed E-state index contributed by atoms with van der Waals surface area (Å²) >= 11 is -1.27. The van der Waals surface area contributed by atoms with Crippen LogP contribution in [0.2, 0.25) is 7.73 Å². The molecular weight excluding hydrogens is 229 g/mol. The summed E-state index contributed by atoms with van der Waals surface area (Å²) in [5, 5.41) is 0. The van der Waals surface area contributed by atoms with Crippen LogP contribution < -0.4 is 0 Å². The fourth-order valence-corrected chi connectivity index (χ4v) is 4.00. The van der Waals surface area contributed by atoms with Crippen LogP contribution in [0.1, 0.15) is 27.7 Å². The second-order valence-corrected chi connectivity index (χ2v) is 13.0. The average Bonchev–Trinajstić information content (AvgIpc) is 1.64. The van der Waals surface area contributed by atoms with E-state index >= 15 is 0 Å². The molecule has 0 unspecified atom stereocenters. The Labute approximate surface area is 63.2 Å². The molecule has 0 bridgehead atoms. The Morgan fingerprint density at radius 3 is 1.25 bits per heavy atom. The zero-order valence-electron chi connectivity index (χ0n) is 5.98. The van der Waals surface area contributed by atoms with Crippen LogP contribution in [0, 0.1) is 0 Å². The summed E-state index contributed by atoms with van der Waals surface area (Å²) in [7, 11) is 6.13. The van der Waals surface area contributed by atoms with Gasteiger partial charge in [-0.15, -0.1) is 0 Å². The van der Waals surface area contributed by atoms with E-state index in [9.17, 15) is 0 Å². The zero-order valence-corrected chi connectivity index (χ0v) is 9.29. The van der Waals surface area contributed by atoms with E-state index in [-0.39, 0.29) is 0 Å². The molecule has 0 nitrogen and oxygen atoms in total. The fourth-order valence-electron chi connectivity index (χ4n) is 0.596. The minimum atomic E-state index is -1.27. The van der Waals surface area contributed by atoms with Crippen molar-refractivity contribution in [2.75, 3.05) is 0 Å². The molecule has 0 spiro atoms. The van der Waals surface area contributed by atoms with Gasteiger partial charge in [-0.25, -0.2) is 0 Å². The van der Waals surface area contributed by atoms with Crippen molar-refractivity contribution in [1.29, 1.82) is 0 Å². The van der Waals surface area contributed by atoms with Crippen molar-refractivity contribution in [3.8, 4) is 0 Å². The number of hydrogen-bond donors (Lipinski definition) is 0. The summed E-state index contributed by atoms with van der Waals surface area (Å²) in [5.41, 5.74) is 0. The van der Waals surface area contributed by atoms with Gasteiger partial charge in [0.25, 0.3) is 0 Å². The van der Waals surface area contributed by atoms with Gasteiger partial charge in [-0.3, -0.25) is 0 Å². The first-order valence-corrected chi connectivity index (χ1v) is 9.18. The van der Waals surface area contributed by atoms with E-state index in [0.717, 1.165) is 7.73 Å². The van der Waals surface area contributed by atoms with Gasteiger partial charge in [-0.1, -0.05) is 0 Å². The van der Waals surface area contributed by atoms with Crippen molar-refractivity contribution < 1.29 is 0 Å². The van der Waals surface area contributed by atoms with Crippen LogP contribution in [-0.2, 0) is 0 Å². The van der Waals surface area contributed by atoms with Gasteiger partial charge in [-0.2, -0.15) is 0 Å². The van der Waals surface area contributed by atoms with E-state index in [4.69, 9.17) is 8.83 Å². The van der Waals surface area contributed by atoms with Gasteiger partial charge in [-0.05, 0) is 0 Å². The van der Waals surface area contributed by atoms with Crippen molar-refractivity contribution in [3.63, 3.8) is 0 Å². The Kier molecular flexibility index (Phi) is 4.56. The monoisotopic (exact) mass is 242 g/mol. The Bertz CT molecular complexity index is 53.5. The van der Waals surface area contributed by atoms with Crippen LogP contribution in [0.25, 0.3) is 0 Å². The van der Waals surface area contributed by atoms with Crippen LogP contribution in [0.15, 0.2) is 0 Å². The minimum absolute atomic E-state index is 0.791. The van der Waals surface area contributed by atoms with Gasteiger partial charge in [0.2, 0.25) is 0 Å². The summed E-state index contributed by atoms with van der Waals surface area (Å²) in [6, 6.07) is 0. The first-order valence-electron chi connectivity index (χ1n) is 2.99. The van der Waals surface area contributed by atoms with E-state index in [2.05, 4.69) is 27.7 Å². The Morgan fingerprint density at radius 2 is 1.25 bits per heavy atom. The van der Waals surface area contributed by atoms with Gasteiger partial charge in [0.1, 0.15) is 0 Å². The fraction of sp³-hybridized carbons (Fsp3) is 1.00. The summed E-state index contributed by atoms with van der Waals surface area (Å²) in [5.74, 6) is 0. The van der Waals surface area contributed by atoms with Crippen LogP contribution in [0.4, 0.5) is 0 Å². The van der Waals surface area contributed by atoms with Gasteiger partial charge in [0.05, 0.1) is 0 Å². The van der Waals surface area contributed by atoms with E-state index < -0.39 is 19.1 Å². The first-order chi connectivity index (χ1) is 3.55. The standard InChI is InChI=1S/2C3H7.ClH.Sb/c2*1-3-2;;/h2*3H,1-2H3;1H;/q;;;+1/p-1. The number of hydrogen-bond acceptors (Lipinski definition) is 0. The SMILES string of the molecule is C[CH](C)[Sb]([Cl])[CH](C)C. The van der Waals surface area contributed by atoms with Crippen molar-refractivity contribution in [2.24, 2.45) is 0 Å². The Hall–Kier alpha value is 1.11. The van der Waals surface area contributed by atoms with Crippen molar-refractivity contribution >= 4 is 27.9 Å². The molecule has 0 N–H and O–H groups in total. The zero-order chi connectivity index (χ0) is 6.73. The molecule has 0 amide bonds. The molecule has 0 atom stereocenters. The molecule has 0 aromatic carbocycles. The summed E-state index contributed by atoms with van der Waals surface area (Å²) < 4.78 is 1.58. The molecule has 0 aromatic heterocycles. The van der Waals surface area contributed by atoms with Gasteiger partial charge in [0.15, 0.2) is 0 Å². The van der Waals surface area contributed by atoms with Crippen molar-refractivity contribution in [2.45, 2.75) is 35.4 Å². The second-order valence-electron chi connectivity index (χ2n) is 2.53. The quantitative estimate of drug-likeness (QED) is 0.654. The van der Waals surface area contributed by atoms with Gasteiger partial charge < -0.3 is 0 Å². The van der Waals surface area contributed by atoms with Gasteiger partial charge in [0, 0.05) is 0 Å². The van der Waals surface area contributed by atoms with Crippen LogP contribution in [0.3, 0.4) is 0 Å². The van der Waals surface area contributed by atoms with Crippen LogP contribution in [-0.4, -0.2) is 19.1 Å². The Morgan fingerprint density at radius 1 is 1.00 bits per heavy atom. The second kappa shape index (κ2) is 4.01. The summed E-state index contributed by atoms with van der Waals surface area (Å²) in [6.07, 6.45) is 0. The third-order valence-electron chi connectivity index (χ3n) is 0.987. The Balaban J connectivity index is 3.46.